The van der Waals surface area contributed by atoms with Crippen molar-refractivity contribution in [2.24, 2.45) is 0 Å². The van der Waals surface area contributed by atoms with Gasteiger partial charge in [0.1, 0.15) is 0 Å². The molecule has 0 spiro atoms. The normalized spacial score (nSPS) is 14.8. The first-order chi connectivity index (χ1) is 5.11. The Morgan fingerprint density at radius 2 is 1.82 bits per heavy atom. The van der Waals surface area contributed by atoms with E-state index >= 15 is 0 Å². The summed E-state index contributed by atoms with van der Waals surface area (Å²) in [6.07, 6.45) is 3.44. The van der Waals surface area contributed by atoms with E-state index in [1.807, 2.05) is 0 Å². The first-order valence-corrected chi connectivity index (χ1v) is 5.53. The number of rotatable bonds is 3. The summed E-state index contributed by atoms with van der Waals surface area (Å²) >= 11 is 2.40. The van der Waals surface area contributed by atoms with Crippen molar-refractivity contribution >= 4 is 22.6 Å². The number of allylic oxidation sites excluding steroid dienone is 4. The van der Waals surface area contributed by atoms with Gasteiger partial charge in [-0.2, -0.15) is 0 Å². The zero-order chi connectivity index (χ0) is 8.85. The Morgan fingerprint density at radius 3 is 2.18 bits per heavy atom. The van der Waals surface area contributed by atoms with E-state index < -0.39 is 0 Å². The molecule has 64 valence electrons. The van der Waals surface area contributed by atoms with E-state index in [2.05, 4.69) is 56.4 Å². The topological polar surface area (TPSA) is 0 Å². The Bertz CT molecular complexity index is 175. The number of halogens is 1. The Balaban J connectivity index is 4.37. The lowest BCUT2D eigenvalue weighted by Crippen LogP contribution is -1.83. The van der Waals surface area contributed by atoms with Crippen LogP contribution in [-0.2, 0) is 0 Å². The summed E-state index contributed by atoms with van der Waals surface area (Å²) in [5, 5.41) is 0. The fourth-order valence-electron chi connectivity index (χ4n) is 0.700. The van der Waals surface area contributed by atoms with Crippen molar-refractivity contribution in [1.82, 2.24) is 0 Å². The molecule has 0 heterocycles. The van der Waals surface area contributed by atoms with Crippen LogP contribution in [0.3, 0.4) is 0 Å². The molecule has 0 atom stereocenters. The Morgan fingerprint density at radius 1 is 1.27 bits per heavy atom. The highest BCUT2D eigenvalue weighted by Gasteiger charge is 1.91. The van der Waals surface area contributed by atoms with Crippen LogP contribution in [0.15, 0.2) is 22.8 Å². The van der Waals surface area contributed by atoms with Crippen LogP contribution < -0.4 is 0 Å². The van der Waals surface area contributed by atoms with E-state index in [0.717, 1.165) is 10.8 Å². The molecule has 0 aliphatic rings. The first-order valence-electron chi connectivity index (χ1n) is 4.01. The van der Waals surface area contributed by atoms with E-state index in [4.69, 9.17) is 0 Å². The van der Waals surface area contributed by atoms with Gasteiger partial charge in [-0.3, -0.25) is 0 Å². The maximum atomic E-state index is 2.40. The summed E-state index contributed by atoms with van der Waals surface area (Å²) in [6, 6.07) is 0. The van der Waals surface area contributed by atoms with E-state index in [1.165, 1.54) is 16.7 Å². The summed E-state index contributed by atoms with van der Waals surface area (Å²) < 4.78 is 1.14. The third-order valence-corrected chi connectivity index (χ3v) is 3.04. The molecular formula is C10H17I. The van der Waals surface area contributed by atoms with Crippen LogP contribution in [-0.4, -0.2) is 4.43 Å². The molecule has 0 aromatic heterocycles. The minimum absolute atomic E-state index is 1.14. The second-order valence-corrected chi connectivity index (χ2v) is 3.70. The predicted octanol–water partition coefficient (Wildman–Crippen LogP) is 4.11. The second kappa shape index (κ2) is 5.81. The summed E-state index contributed by atoms with van der Waals surface area (Å²) in [6.45, 7) is 8.76. The molecule has 0 rings (SSSR count). The molecule has 0 radical (unpaired) electrons. The van der Waals surface area contributed by atoms with Gasteiger partial charge in [0.15, 0.2) is 0 Å². The molecule has 0 aromatic carbocycles. The molecule has 11 heavy (non-hydrogen) atoms. The molecule has 0 unspecified atom stereocenters. The number of alkyl halides is 1. The standard InChI is InChI=1S/C10H17I/c1-5-8(2)6-9(3)10(4)7-11/h6H,5,7H2,1-4H3/b8-6-,10-9-. The van der Waals surface area contributed by atoms with Gasteiger partial charge in [0.25, 0.3) is 0 Å². The van der Waals surface area contributed by atoms with Crippen LogP contribution in [0.25, 0.3) is 0 Å². The Kier molecular flexibility index (Phi) is 5.92. The third kappa shape index (κ3) is 4.62. The highest BCUT2D eigenvalue weighted by Crippen LogP contribution is 2.11. The third-order valence-electron chi connectivity index (χ3n) is 1.89. The maximum Gasteiger partial charge on any atom is 0.0208 e. The maximum absolute atomic E-state index is 2.40. The quantitative estimate of drug-likeness (QED) is 0.408. The minimum Gasteiger partial charge on any atom is -0.0815 e. The summed E-state index contributed by atoms with van der Waals surface area (Å²) in [4.78, 5) is 0. The molecule has 0 saturated carbocycles. The molecule has 0 amide bonds. The average Bonchev–Trinajstić information content (AvgIpc) is 2.02. The van der Waals surface area contributed by atoms with Crippen LogP contribution in [0.4, 0.5) is 0 Å². The van der Waals surface area contributed by atoms with Crippen molar-refractivity contribution in [3.05, 3.63) is 22.8 Å². The summed E-state index contributed by atoms with van der Waals surface area (Å²) in [5.74, 6) is 0. The van der Waals surface area contributed by atoms with Crippen LogP contribution in [0, 0.1) is 0 Å². The summed E-state index contributed by atoms with van der Waals surface area (Å²) in [5.41, 5.74) is 4.38. The Labute approximate surface area is 83.9 Å². The zero-order valence-corrected chi connectivity index (χ0v) is 10.0. The van der Waals surface area contributed by atoms with E-state index in [9.17, 15) is 0 Å². The van der Waals surface area contributed by atoms with Crippen molar-refractivity contribution in [3.8, 4) is 0 Å². The smallest absolute Gasteiger partial charge is 0.0208 e. The summed E-state index contributed by atoms with van der Waals surface area (Å²) in [7, 11) is 0. The Hall–Kier alpha value is 0.210. The lowest BCUT2D eigenvalue weighted by atomic mass is 10.1. The van der Waals surface area contributed by atoms with E-state index in [0.29, 0.717) is 0 Å². The lowest BCUT2D eigenvalue weighted by Gasteiger charge is -2.00. The van der Waals surface area contributed by atoms with Crippen molar-refractivity contribution in [1.29, 1.82) is 0 Å². The van der Waals surface area contributed by atoms with E-state index in [1.54, 1.807) is 0 Å². The molecule has 1 heteroatoms. The molecule has 0 aromatic rings. The van der Waals surface area contributed by atoms with Gasteiger partial charge in [-0.1, -0.05) is 52.3 Å². The highest BCUT2D eigenvalue weighted by molar-refractivity contribution is 14.1. The van der Waals surface area contributed by atoms with Gasteiger partial charge in [0.05, 0.1) is 0 Å². The second-order valence-electron chi connectivity index (χ2n) is 2.94. The van der Waals surface area contributed by atoms with Gasteiger partial charge < -0.3 is 0 Å². The lowest BCUT2D eigenvalue weighted by molar-refractivity contribution is 1.09. The molecule has 0 bridgehead atoms. The van der Waals surface area contributed by atoms with Gasteiger partial charge in [-0.05, 0) is 27.2 Å². The molecule has 0 N–H and O–H groups in total. The molecule has 0 nitrogen and oxygen atoms in total. The molecular weight excluding hydrogens is 247 g/mol. The SMILES string of the molecule is CC/C(C)=C\C(C)=C(\C)CI. The van der Waals surface area contributed by atoms with Crippen molar-refractivity contribution in [2.45, 2.75) is 34.1 Å². The van der Waals surface area contributed by atoms with Gasteiger partial charge in [0, 0.05) is 4.43 Å². The van der Waals surface area contributed by atoms with Crippen molar-refractivity contribution in [2.75, 3.05) is 4.43 Å². The van der Waals surface area contributed by atoms with Crippen LogP contribution in [0.1, 0.15) is 34.1 Å². The van der Waals surface area contributed by atoms with Gasteiger partial charge in [-0.15, -0.1) is 0 Å². The zero-order valence-electron chi connectivity index (χ0n) is 7.87. The average molecular weight is 264 g/mol. The minimum atomic E-state index is 1.14. The largest absolute Gasteiger partial charge is 0.0815 e. The van der Waals surface area contributed by atoms with E-state index in [-0.39, 0.29) is 0 Å². The molecule has 0 aliphatic carbocycles. The van der Waals surface area contributed by atoms with Crippen LogP contribution >= 0.6 is 22.6 Å². The van der Waals surface area contributed by atoms with Crippen molar-refractivity contribution < 1.29 is 0 Å². The highest BCUT2D eigenvalue weighted by atomic mass is 127. The van der Waals surface area contributed by atoms with Crippen molar-refractivity contribution in [3.63, 3.8) is 0 Å². The van der Waals surface area contributed by atoms with Crippen LogP contribution in [0.5, 0.6) is 0 Å². The number of hydrogen-bond acceptors (Lipinski definition) is 0. The van der Waals surface area contributed by atoms with Gasteiger partial charge >= 0.3 is 0 Å². The fraction of sp³-hybridized carbons (Fsp3) is 0.600. The molecule has 0 saturated heterocycles. The monoisotopic (exact) mass is 264 g/mol. The molecule has 0 aliphatic heterocycles. The first kappa shape index (κ1) is 11.2. The predicted molar refractivity (Wildman–Crippen MR) is 61.3 cm³/mol. The fourth-order valence-corrected chi connectivity index (χ4v) is 1.30. The number of hydrogen-bond donors (Lipinski definition) is 0. The van der Waals surface area contributed by atoms with Gasteiger partial charge in [0.2, 0.25) is 0 Å². The van der Waals surface area contributed by atoms with Gasteiger partial charge in [-0.25, -0.2) is 0 Å². The molecule has 0 fully saturated rings. The van der Waals surface area contributed by atoms with Crippen LogP contribution in [0.2, 0.25) is 0 Å².